The third-order valence-electron chi connectivity index (χ3n) is 3.88. The van der Waals surface area contributed by atoms with Crippen LogP contribution >= 0.6 is 11.3 Å². The van der Waals surface area contributed by atoms with Gasteiger partial charge in [0.15, 0.2) is 0 Å². The van der Waals surface area contributed by atoms with Gasteiger partial charge in [-0.25, -0.2) is 9.97 Å². The van der Waals surface area contributed by atoms with Crippen LogP contribution in [-0.4, -0.2) is 14.5 Å². The maximum atomic E-state index is 6.05. The van der Waals surface area contributed by atoms with Crippen molar-refractivity contribution >= 4 is 32.5 Å². The molecule has 3 aromatic heterocycles. The van der Waals surface area contributed by atoms with Crippen LogP contribution in [0, 0.1) is 0 Å². The van der Waals surface area contributed by atoms with Gasteiger partial charge in [0.05, 0.1) is 11.8 Å². The molecule has 0 saturated heterocycles. The van der Waals surface area contributed by atoms with Crippen molar-refractivity contribution in [3.05, 3.63) is 53.8 Å². The number of thiophene rings is 1. The highest BCUT2D eigenvalue weighted by atomic mass is 32.1. The van der Waals surface area contributed by atoms with E-state index in [-0.39, 0.29) is 0 Å². The highest BCUT2D eigenvalue weighted by Gasteiger charge is 2.11. The van der Waals surface area contributed by atoms with Gasteiger partial charge in [-0.1, -0.05) is 25.1 Å². The molecule has 0 aliphatic rings. The number of fused-ring (bicyclic) bond motifs is 2. The van der Waals surface area contributed by atoms with Crippen LogP contribution in [0.1, 0.15) is 18.9 Å². The largest absolute Gasteiger partial charge is 0.471 e. The molecule has 0 N–H and O–H groups in total. The molecule has 0 fully saturated rings. The molecule has 3 heterocycles. The van der Waals surface area contributed by atoms with E-state index >= 15 is 0 Å². The van der Waals surface area contributed by atoms with Crippen LogP contribution in [0.25, 0.3) is 21.1 Å². The van der Waals surface area contributed by atoms with Gasteiger partial charge in [0.25, 0.3) is 0 Å². The number of benzene rings is 1. The standard InChI is InChI=1S/C18H17N3OS/c1-2-9-21-12-20-15-7-8-19-18(17(15)21)22-10-13-11-23-16-6-4-3-5-14(13)16/h3-8,11-12H,2,9-10H2,1H3. The van der Waals surface area contributed by atoms with Crippen LogP contribution < -0.4 is 4.74 Å². The van der Waals surface area contributed by atoms with Crippen LogP contribution in [0.2, 0.25) is 0 Å². The van der Waals surface area contributed by atoms with E-state index in [0.717, 1.165) is 24.0 Å². The Bertz CT molecular complexity index is 957. The number of aromatic nitrogens is 3. The number of imidazole rings is 1. The molecule has 0 spiro atoms. The lowest BCUT2D eigenvalue weighted by atomic mass is 10.2. The zero-order valence-electron chi connectivity index (χ0n) is 12.9. The first-order valence-electron chi connectivity index (χ1n) is 7.74. The Morgan fingerprint density at radius 3 is 3.00 bits per heavy atom. The summed E-state index contributed by atoms with van der Waals surface area (Å²) in [4.78, 5) is 8.86. The van der Waals surface area contributed by atoms with Crippen molar-refractivity contribution in [3.8, 4) is 5.88 Å². The summed E-state index contributed by atoms with van der Waals surface area (Å²) in [5.74, 6) is 0.656. The lowest BCUT2D eigenvalue weighted by molar-refractivity contribution is 0.298. The average Bonchev–Trinajstić information content (AvgIpc) is 3.18. The van der Waals surface area contributed by atoms with Gasteiger partial charge in [-0.2, -0.15) is 0 Å². The first-order chi connectivity index (χ1) is 11.4. The maximum absolute atomic E-state index is 6.05. The second-order valence-corrected chi connectivity index (χ2v) is 6.38. The molecule has 0 unspecified atom stereocenters. The Morgan fingerprint density at radius 2 is 2.09 bits per heavy atom. The Labute approximate surface area is 138 Å². The summed E-state index contributed by atoms with van der Waals surface area (Å²) in [5, 5.41) is 3.42. The second-order valence-electron chi connectivity index (χ2n) is 5.47. The van der Waals surface area contributed by atoms with Gasteiger partial charge in [0.2, 0.25) is 5.88 Å². The molecule has 0 aliphatic heterocycles. The number of nitrogens with zero attached hydrogens (tertiary/aromatic N) is 3. The summed E-state index contributed by atoms with van der Waals surface area (Å²) in [6, 6.07) is 10.3. The van der Waals surface area contributed by atoms with E-state index in [4.69, 9.17) is 4.74 Å². The van der Waals surface area contributed by atoms with Crippen molar-refractivity contribution in [1.29, 1.82) is 0 Å². The predicted octanol–water partition coefficient (Wildman–Crippen LogP) is 4.64. The summed E-state index contributed by atoms with van der Waals surface area (Å²) in [5.41, 5.74) is 3.11. The zero-order valence-corrected chi connectivity index (χ0v) is 13.7. The summed E-state index contributed by atoms with van der Waals surface area (Å²) in [6.45, 7) is 3.59. The van der Waals surface area contributed by atoms with Crippen LogP contribution in [0.15, 0.2) is 48.2 Å². The molecule has 4 rings (SSSR count). The Morgan fingerprint density at radius 1 is 1.17 bits per heavy atom. The summed E-state index contributed by atoms with van der Waals surface area (Å²) < 4.78 is 9.45. The van der Waals surface area contributed by atoms with E-state index in [1.807, 2.05) is 12.4 Å². The number of pyridine rings is 1. The third kappa shape index (κ3) is 2.57. The van der Waals surface area contributed by atoms with Crippen molar-refractivity contribution in [2.75, 3.05) is 0 Å². The number of aryl methyl sites for hydroxylation is 1. The van der Waals surface area contributed by atoms with E-state index in [9.17, 15) is 0 Å². The van der Waals surface area contributed by atoms with Gasteiger partial charge in [-0.15, -0.1) is 11.3 Å². The lowest BCUT2D eigenvalue weighted by Gasteiger charge is -2.08. The van der Waals surface area contributed by atoms with Gasteiger partial charge in [-0.05, 0) is 29.3 Å². The number of rotatable bonds is 5. The predicted molar refractivity (Wildman–Crippen MR) is 94.0 cm³/mol. The molecule has 116 valence electrons. The van der Waals surface area contributed by atoms with Crippen molar-refractivity contribution in [2.24, 2.45) is 0 Å². The quantitative estimate of drug-likeness (QED) is 0.537. The topological polar surface area (TPSA) is 39.9 Å². The average molecular weight is 323 g/mol. The minimum atomic E-state index is 0.521. The van der Waals surface area contributed by atoms with Gasteiger partial charge in [0, 0.05) is 23.0 Å². The normalized spacial score (nSPS) is 11.3. The van der Waals surface area contributed by atoms with Gasteiger partial charge in [0.1, 0.15) is 12.1 Å². The molecule has 1 aromatic carbocycles. The molecular weight excluding hydrogens is 306 g/mol. The molecule has 0 amide bonds. The number of hydrogen-bond acceptors (Lipinski definition) is 4. The Balaban J connectivity index is 1.66. The lowest BCUT2D eigenvalue weighted by Crippen LogP contribution is -2.01. The highest BCUT2D eigenvalue weighted by molar-refractivity contribution is 7.17. The highest BCUT2D eigenvalue weighted by Crippen LogP contribution is 2.28. The molecule has 0 radical (unpaired) electrons. The van der Waals surface area contributed by atoms with Crippen LogP contribution in [0.3, 0.4) is 0 Å². The molecule has 4 aromatic rings. The Kier molecular flexibility index (Phi) is 3.71. The van der Waals surface area contributed by atoms with Crippen LogP contribution in [0.4, 0.5) is 0 Å². The number of ether oxygens (including phenoxy) is 1. The molecule has 4 nitrogen and oxygen atoms in total. The van der Waals surface area contributed by atoms with Gasteiger partial charge < -0.3 is 9.30 Å². The van der Waals surface area contributed by atoms with E-state index in [0.29, 0.717) is 12.5 Å². The SMILES string of the molecule is CCCn1cnc2ccnc(OCc3csc4ccccc34)c21. The smallest absolute Gasteiger partial charge is 0.240 e. The summed E-state index contributed by atoms with van der Waals surface area (Å²) in [7, 11) is 0. The fraction of sp³-hybridized carbons (Fsp3) is 0.222. The van der Waals surface area contributed by atoms with E-state index in [1.54, 1.807) is 17.5 Å². The fourth-order valence-electron chi connectivity index (χ4n) is 2.80. The summed E-state index contributed by atoms with van der Waals surface area (Å²) in [6.07, 6.45) is 4.67. The van der Waals surface area contributed by atoms with Crippen LogP contribution in [0.5, 0.6) is 5.88 Å². The van der Waals surface area contributed by atoms with Crippen molar-refractivity contribution in [3.63, 3.8) is 0 Å². The summed E-state index contributed by atoms with van der Waals surface area (Å²) >= 11 is 1.75. The molecule has 0 aliphatic carbocycles. The van der Waals surface area contributed by atoms with Crippen molar-refractivity contribution < 1.29 is 4.74 Å². The molecule has 0 atom stereocenters. The van der Waals surface area contributed by atoms with E-state index < -0.39 is 0 Å². The Hall–Kier alpha value is -2.40. The third-order valence-corrected chi connectivity index (χ3v) is 4.90. The van der Waals surface area contributed by atoms with Crippen LogP contribution in [-0.2, 0) is 13.2 Å². The van der Waals surface area contributed by atoms with E-state index in [2.05, 4.69) is 51.1 Å². The first-order valence-corrected chi connectivity index (χ1v) is 8.62. The molecule has 5 heteroatoms. The monoisotopic (exact) mass is 323 g/mol. The fourth-order valence-corrected chi connectivity index (χ4v) is 3.74. The first kappa shape index (κ1) is 14.2. The molecular formula is C18H17N3OS. The molecule has 0 bridgehead atoms. The van der Waals surface area contributed by atoms with Gasteiger partial charge >= 0.3 is 0 Å². The van der Waals surface area contributed by atoms with Gasteiger partial charge in [-0.3, -0.25) is 0 Å². The maximum Gasteiger partial charge on any atom is 0.240 e. The minimum absolute atomic E-state index is 0.521. The van der Waals surface area contributed by atoms with Crippen molar-refractivity contribution in [1.82, 2.24) is 14.5 Å². The molecule has 0 saturated carbocycles. The minimum Gasteiger partial charge on any atom is -0.471 e. The second kappa shape index (κ2) is 6.01. The molecule has 23 heavy (non-hydrogen) atoms. The zero-order chi connectivity index (χ0) is 15.6. The number of hydrogen-bond donors (Lipinski definition) is 0. The van der Waals surface area contributed by atoms with E-state index in [1.165, 1.54) is 15.6 Å². The van der Waals surface area contributed by atoms with Crippen molar-refractivity contribution in [2.45, 2.75) is 26.5 Å².